The van der Waals surface area contributed by atoms with Crippen LogP contribution in [0.3, 0.4) is 0 Å². The van der Waals surface area contributed by atoms with Crippen LogP contribution in [0.5, 0.6) is 0 Å². The summed E-state index contributed by atoms with van der Waals surface area (Å²) in [6, 6.07) is 13.6. The van der Waals surface area contributed by atoms with Gasteiger partial charge in [0.05, 0.1) is 10.2 Å². The normalized spacial score (nSPS) is 14.7. The zero-order valence-electron chi connectivity index (χ0n) is 15.7. The van der Waals surface area contributed by atoms with E-state index in [2.05, 4.69) is 21.6 Å². The zero-order chi connectivity index (χ0) is 20.2. The van der Waals surface area contributed by atoms with Gasteiger partial charge in [0.15, 0.2) is 5.13 Å². The van der Waals surface area contributed by atoms with E-state index in [9.17, 15) is 14.0 Å². The van der Waals surface area contributed by atoms with E-state index < -0.39 is 17.6 Å². The Balaban J connectivity index is 1.24. The fourth-order valence-corrected chi connectivity index (χ4v) is 4.41. The molecule has 1 aromatic heterocycles. The van der Waals surface area contributed by atoms with Gasteiger partial charge in [-0.1, -0.05) is 29.5 Å². The first-order valence-corrected chi connectivity index (χ1v) is 10.4. The van der Waals surface area contributed by atoms with Gasteiger partial charge < -0.3 is 15.5 Å². The van der Waals surface area contributed by atoms with Crippen molar-refractivity contribution in [3.05, 3.63) is 54.3 Å². The molecule has 8 heteroatoms. The Kier molecular flexibility index (Phi) is 5.71. The van der Waals surface area contributed by atoms with Crippen molar-refractivity contribution in [2.24, 2.45) is 5.92 Å². The van der Waals surface area contributed by atoms with Crippen LogP contribution in [0.1, 0.15) is 12.8 Å². The molecule has 0 spiro atoms. The maximum atomic E-state index is 13.2. The van der Waals surface area contributed by atoms with Crippen molar-refractivity contribution in [2.45, 2.75) is 12.8 Å². The number of hydrogen-bond donors (Lipinski definition) is 2. The molecule has 2 amide bonds. The fourth-order valence-electron chi connectivity index (χ4n) is 3.40. The molecular formula is C21H21FN4O2S. The monoisotopic (exact) mass is 412 g/mol. The number of benzene rings is 2. The molecule has 1 aliphatic rings. The average molecular weight is 412 g/mol. The van der Waals surface area contributed by atoms with Crippen molar-refractivity contribution in [3.63, 3.8) is 0 Å². The van der Waals surface area contributed by atoms with Crippen molar-refractivity contribution in [3.8, 4) is 0 Å². The summed E-state index contributed by atoms with van der Waals surface area (Å²) in [5.41, 5.74) is 1.28. The van der Waals surface area contributed by atoms with Crippen LogP contribution in [0.15, 0.2) is 48.5 Å². The summed E-state index contributed by atoms with van der Waals surface area (Å²) >= 11 is 1.69. The molecule has 4 rings (SSSR count). The molecule has 1 aliphatic heterocycles. The summed E-state index contributed by atoms with van der Waals surface area (Å²) in [6.07, 6.45) is 1.84. The van der Waals surface area contributed by atoms with E-state index in [0.717, 1.165) is 36.6 Å². The van der Waals surface area contributed by atoms with Crippen molar-refractivity contribution in [1.29, 1.82) is 0 Å². The fraction of sp³-hybridized carbons (Fsp3) is 0.286. The number of anilines is 2. The maximum Gasteiger partial charge on any atom is 0.313 e. The molecule has 0 bridgehead atoms. The minimum Gasteiger partial charge on any atom is -0.348 e. The molecule has 2 N–H and O–H groups in total. The lowest BCUT2D eigenvalue weighted by Gasteiger charge is -2.31. The van der Waals surface area contributed by atoms with Crippen LogP contribution in [0, 0.1) is 11.7 Å². The second kappa shape index (κ2) is 8.57. The first kappa shape index (κ1) is 19.3. The van der Waals surface area contributed by atoms with Crippen molar-refractivity contribution >= 4 is 44.2 Å². The van der Waals surface area contributed by atoms with Gasteiger partial charge in [-0.2, -0.15) is 0 Å². The Labute approximate surface area is 171 Å². The van der Waals surface area contributed by atoms with Crippen LogP contribution in [0.25, 0.3) is 10.2 Å². The van der Waals surface area contributed by atoms with E-state index in [-0.39, 0.29) is 5.69 Å². The summed E-state index contributed by atoms with van der Waals surface area (Å²) in [6.45, 7) is 2.19. The number of rotatable bonds is 4. The minimum atomic E-state index is -0.789. The van der Waals surface area contributed by atoms with Crippen LogP contribution in [-0.4, -0.2) is 36.4 Å². The van der Waals surface area contributed by atoms with E-state index in [1.807, 2.05) is 18.2 Å². The van der Waals surface area contributed by atoms with E-state index >= 15 is 0 Å². The minimum absolute atomic E-state index is 0.259. The number of hydrogen-bond acceptors (Lipinski definition) is 5. The number of carbonyl (C=O) groups is 2. The summed E-state index contributed by atoms with van der Waals surface area (Å²) in [5.74, 6) is -1.65. The smallest absolute Gasteiger partial charge is 0.313 e. The first-order chi connectivity index (χ1) is 14.1. The Hall–Kier alpha value is -3.00. The predicted octanol–water partition coefficient (Wildman–Crippen LogP) is 3.41. The molecular weight excluding hydrogens is 391 g/mol. The second-order valence-corrected chi connectivity index (χ2v) is 8.08. The van der Waals surface area contributed by atoms with Crippen LogP contribution in [0.2, 0.25) is 0 Å². The molecule has 3 aromatic rings. The molecule has 2 aromatic carbocycles. The van der Waals surface area contributed by atoms with Gasteiger partial charge >= 0.3 is 11.8 Å². The van der Waals surface area contributed by atoms with Gasteiger partial charge in [0.2, 0.25) is 0 Å². The largest absolute Gasteiger partial charge is 0.348 e. The highest BCUT2D eigenvalue weighted by atomic mass is 32.1. The second-order valence-electron chi connectivity index (χ2n) is 7.07. The third kappa shape index (κ3) is 4.71. The van der Waals surface area contributed by atoms with Crippen LogP contribution in [0.4, 0.5) is 15.2 Å². The quantitative estimate of drug-likeness (QED) is 0.644. The number of fused-ring (bicyclic) bond motifs is 1. The maximum absolute atomic E-state index is 13.2. The van der Waals surface area contributed by atoms with Crippen molar-refractivity contribution in [2.75, 3.05) is 29.9 Å². The van der Waals surface area contributed by atoms with E-state index in [1.54, 1.807) is 11.3 Å². The molecule has 0 saturated carbocycles. The molecule has 0 aliphatic carbocycles. The van der Waals surface area contributed by atoms with Gasteiger partial charge in [0.25, 0.3) is 0 Å². The Morgan fingerprint density at radius 1 is 1.10 bits per heavy atom. The third-order valence-electron chi connectivity index (χ3n) is 5.01. The van der Waals surface area contributed by atoms with Gasteiger partial charge in [0.1, 0.15) is 5.82 Å². The number of thiazole rings is 1. The highest BCUT2D eigenvalue weighted by molar-refractivity contribution is 7.22. The number of halogens is 1. The summed E-state index contributed by atoms with van der Waals surface area (Å²) in [4.78, 5) is 31.0. The average Bonchev–Trinajstić information content (AvgIpc) is 3.16. The number of aromatic nitrogens is 1. The topological polar surface area (TPSA) is 74.3 Å². The first-order valence-electron chi connectivity index (χ1n) is 9.54. The summed E-state index contributed by atoms with van der Waals surface area (Å²) in [5, 5.41) is 6.12. The molecule has 29 heavy (non-hydrogen) atoms. The number of carbonyl (C=O) groups excluding carboxylic acids is 2. The van der Waals surface area contributed by atoms with Crippen LogP contribution >= 0.6 is 11.3 Å². The number of nitrogens with zero attached hydrogens (tertiary/aromatic N) is 2. The number of nitrogens with one attached hydrogen (secondary N) is 2. The Bertz CT molecular complexity index is 997. The molecule has 6 nitrogen and oxygen atoms in total. The lowest BCUT2D eigenvalue weighted by Crippen LogP contribution is -2.41. The number of piperidine rings is 1. The molecule has 0 radical (unpaired) electrons. The highest BCUT2D eigenvalue weighted by Crippen LogP contribution is 2.31. The van der Waals surface area contributed by atoms with Crippen molar-refractivity contribution < 1.29 is 14.0 Å². The van der Waals surface area contributed by atoms with Gasteiger partial charge in [-0.05, 0) is 49.1 Å². The van der Waals surface area contributed by atoms with E-state index in [0.29, 0.717) is 12.5 Å². The zero-order valence-corrected chi connectivity index (χ0v) is 16.5. The van der Waals surface area contributed by atoms with Crippen LogP contribution < -0.4 is 15.5 Å². The molecule has 150 valence electrons. The van der Waals surface area contributed by atoms with Gasteiger partial charge in [-0.3, -0.25) is 9.59 Å². The lowest BCUT2D eigenvalue weighted by atomic mass is 9.97. The molecule has 0 unspecified atom stereocenters. The lowest BCUT2D eigenvalue weighted by molar-refractivity contribution is -0.136. The third-order valence-corrected chi connectivity index (χ3v) is 6.10. The standard InChI is InChI=1S/C21H21FN4O2S/c22-15-4-3-5-16(12-15)24-20(28)19(27)23-13-14-8-10-26(11-9-14)21-25-17-6-1-2-7-18(17)29-21/h1-7,12,14H,8-11,13H2,(H,23,27)(H,24,28). The summed E-state index contributed by atoms with van der Waals surface area (Å²) in [7, 11) is 0. The van der Waals surface area contributed by atoms with Gasteiger partial charge in [-0.25, -0.2) is 9.37 Å². The van der Waals surface area contributed by atoms with E-state index in [4.69, 9.17) is 4.98 Å². The molecule has 2 heterocycles. The Morgan fingerprint density at radius 3 is 2.66 bits per heavy atom. The summed E-state index contributed by atoms with van der Waals surface area (Å²) < 4.78 is 14.3. The molecule has 1 saturated heterocycles. The van der Waals surface area contributed by atoms with E-state index in [1.165, 1.54) is 29.0 Å². The van der Waals surface area contributed by atoms with Crippen molar-refractivity contribution in [1.82, 2.24) is 10.3 Å². The SMILES string of the molecule is O=C(NCC1CCN(c2nc3ccccc3s2)CC1)C(=O)Nc1cccc(F)c1. The Morgan fingerprint density at radius 2 is 1.90 bits per heavy atom. The molecule has 1 fully saturated rings. The highest BCUT2D eigenvalue weighted by Gasteiger charge is 2.23. The van der Waals surface area contributed by atoms with Gasteiger partial charge in [0, 0.05) is 25.3 Å². The number of amides is 2. The van der Waals surface area contributed by atoms with Crippen LogP contribution in [-0.2, 0) is 9.59 Å². The van der Waals surface area contributed by atoms with Gasteiger partial charge in [-0.15, -0.1) is 0 Å². The predicted molar refractivity (Wildman–Crippen MR) is 113 cm³/mol. The number of para-hydroxylation sites is 1. The molecule has 0 atom stereocenters.